The molecule has 2 heterocycles. The van der Waals surface area contributed by atoms with Crippen LogP contribution in [0.1, 0.15) is 35.7 Å². The maximum Gasteiger partial charge on any atom is 0.229 e. The van der Waals surface area contributed by atoms with Crippen LogP contribution in [0, 0.1) is 0 Å². The normalized spacial score (nSPS) is 10.3. The molecule has 2 aromatic rings. The molecule has 0 N–H and O–H groups in total. The molecule has 0 spiro atoms. The second kappa shape index (κ2) is 5.49. The van der Waals surface area contributed by atoms with Gasteiger partial charge in [0.05, 0.1) is 12.8 Å². The average molecular weight is 245 g/mol. The van der Waals surface area contributed by atoms with E-state index in [0.29, 0.717) is 23.7 Å². The van der Waals surface area contributed by atoms with Crippen LogP contribution in [0.4, 0.5) is 0 Å². The smallest absolute Gasteiger partial charge is 0.229 e. The van der Waals surface area contributed by atoms with E-state index in [1.807, 2.05) is 19.9 Å². The van der Waals surface area contributed by atoms with Crippen LogP contribution in [0.25, 0.3) is 0 Å². The highest BCUT2D eigenvalue weighted by Gasteiger charge is 2.14. The molecule has 0 saturated heterocycles. The van der Waals surface area contributed by atoms with Gasteiger partial charge in [0, 0.05) is 18.2 Å². The molecule has 0 aromatic carbocycles. The minimum absolute atomic E-state index is 0.177. The van der Waals surface area contributed by atoms with Crippen LogP contribution < -0.4 is 4.74 Å². The van der Waals surface area contributed by atoms with Crippen LogP contribution in [0.3, 0.4) is 0 Å². The van der Waals surface area contributed by atoms with E-state index in [1.54, 1.807) is 18.3 Å². The first-order chi connectivity index (χ1) is 8.74. The summed E-state index contributed by atoms with van der Waals surface area (Å²) >= 11 is 0. The zero-order valence-electron chi connectivity index (χ0n) is 10.5. The molecule has 0 fully saturated rings. The summed E-state index contributed by atoms with van der Waals surface area (Å²) < 4.78 is 10.7. The van der Waals surface area contributed by atoms with E-state index in [0.717, 1.165) is 12.2 Å². The Morgan fingerprint density at radius 1 is 1.33 bits per heavy atom. The fourth-order valence-corrected chi connectivity index (χ4v) is 1.62. The fourth-order valence-electron chi connectivity index (χ4n) is 1.62. The van der Waals surface area contributed by atoms with Gasteiger partial charge in [0.15, 0.2) is 5.76 Å². The van der Waals surface area contributed by atoms with Gasteiger partial charge in [-0.2, -0.15) is 0 Å². The molecule has 4 heteroatoms. The molecular weight excluding hydrogens is 230 g/mol. The summed E-state index contributed by atoms with van der Waals surface area (Å²) in [5, 5.41) is 0. The van der Waals surface area contributed by atoms with Crippen molar-refractivity contribution in [1.29, 1.82) is 0 Å². The fraction of sp³-hybridized carbons (Fsp3) is 0.286. The lowest BCUT2D eigenvalue weighted by Crippen LogP contribution is -2.02. The largest absolute Gasteiger partial charge is 0.492 e. The maximum absolute atomic E-state index is 12.1. The third-order valence-corrected chi connectivity index (χ3v) is 2.52. The molecule has 2 aromatic heterocycles. The van der Waals surface area contributed by atoms with Crippen molar-refractivity contribution in [2.75, 3.05) is 6.61 Å². The van der Waals surface area contributed by atoms with Crippen molar-refractivity contribution in [2.24, 2.45) is 0 Å². The number of hydrogen-bond donors (Lipinski definition) is 0. The van der Waals surface area contributed by atoms with E-state index in [1.165, 1.54) is 6.20 Å². The van der Waals surface area contributed by atoms with Gasteiger partial charge in [-0.05, 0) is 25.1 Å². The molecule has 0 atom stereocenters. The number of rotatable bonds is 5. The number of pyridine rings is 1. The number of carbonyl (C=O) groups excluding carboxylic acids is 1. The highest BCUT2D eigenvalue weighted by atomic mass is 16.5. The molecule has 0 aliphatic rings. The molecule has 0 aliphatic heterocycles. The molecule has 2 rings (SSSR count). The van der Waals surface area contributed by atoms with Crippen molar-refractivity contribution in [2.45, 2.75) is 20.3 Å². The van der Waals surface area contributed by atoms with Gasteiger partial charge in [0.2, 0.25) is 5.78 Å². The minimum atomic E-state index is -0.177. The first kappa shape index (κ1) is 12.4. The Hall–Kier alpha value is -2.10. The lowest BCUT2D eigenvalue weighted by atomic mass is 10.1. The summed E-state index contributed by atoms with van der Waals surface area (Å²) in [6, 6.07) is 5.18. The quantitative estimate of drug-likeness (QED) is 0.760. The topological polar surface area (TPSA) is 52.3 Å². The lowest BCUT2D eigenvalue weighted by Gasteiger charge is -2.03. The van der Waals surface area contributed by atoms with Gasteiger partial charge in [0.1, 0.15) is 11.5 Å². The number of hydrogen-bond acceptors (Lipinski definition) is 4. The van der Waals surface area contributed by atoms with Crippen molar-refractivity contribution >= 4 is 5.78 Å². The predicted octanol–water partition coefficient (Wildman–Crippen LogP) is 2.87. The van der Waals surface area contributed by atoms with E-state index >= 15 is 0 Å². The van der Waals surface area contributed by atoms with Crippen molar-refractivity contribution < 1.29 is 13.9 Å². The summed E-state index contributed by atoms with van der Waals surface area (Å²) in [7, 11) is 0. The van der Waals surface area contributed by atoms with E-state index in [4.69, 9.17) is 9.15 Å². The van der Waals surface area contributed by atoms with Gasteiger partial charge in [-0.25, -0.2) is 0 Å². The number of ether oxygens (including phenoxy) is 1. The second-order valence-corrected chi connectivity index (χ2v) is 3.79. The van der Waals surface area contributed by atoms with Crippen LogP contribution in [0.15, 0.2) is 35.0 Å². The summed E-state index contributed by atoms with van der Waals surface area (Å²) in [5.41, 5.74) is 0.470. The van der Waals surface area contributed by atoms with Crippen LogP contribution in [0.2, 0.25) is 0 Å². The van der Waals surface area contributed by atoms with E-state index in [-0.39, 0.29) is 5.78 Å². The Morgan fingerprint density at radius 3 is 2.83 bits per heavy atom. The van der Waals surface area contributed by atoms with Crippen LogP contribution in [-0.2, 0) is 6.42 Å². The third-order valence-electron chi connectivity index (χ3n) is 2.52. The zero-order chi connectivity index (χ0) is 13.0. The van der Waals surface area contributed by atoms with Gasteiger partial charge < -0.3 is 9.15 Å². The average Bonchev–Trinajstić information content (AvgIpc) is 2.87. The summed E-state index contributed by atoms with van der Waals surface area (Å²) in [4.78, 5) is 16.1. The second-order valence-electron chi connectivity index (χ2n) is 3.79. The molecule has 4 nitrogen and oxygen atoms in total. The Morgan fingerprint density at radius 2 is 2.17 bits per heavy atom. The molecule has 0 radical (unpaired) electrons. The molecular formula is C14H15NO3. The molecule has 0 saturated carbocycles. The highest BCUT2D eigenvalue weighted by Crippen LogP contribution is 2.17. The Kier molecular flexibility index (Phi) is 3.77. The number of carbonyl (C=O) groups is 1. The van der Waals surface area contributed by atoms with Crippen molar-refractivity contribution in [3.8, 4) is 5.75 Å². The summed E-state index contributed by atoms with van der Waals surface area (Å²) in [6.45, 7) is 4.40. The third kappa shape index (κ3) is 2.59. The van der Waals surface area contributed by atoms with E-state index in [9.17, 15) is 4.79 Å². The number of aromatic nitrogens is 1. The van der Waals surface area contributed by atoms with Crippen molar-refractivity contribution in [3.63, 3.8) is 0 Å². The van der Waals surface area contributed by atoms with Gasteiger partial charge >= 0.3 is 0 Å². The monoisotopic (exact) mass is 245 g/mol. The van der Waals surface area contributed by atoms with Gasteiger partial charge in [-0.15, -0.1) is 0 Å². The summed E-state index contributed by atoms with van der Waals surface area (Å²) in [5.74, 6) is 1.55. The molecule has 0 unspecified atom stereocenters. The first-order valence-corrected chi connectivity index (χ1v) is 5.95. The Balaban J connectivity index is 2.25. The van der Waals surface area contributed by atoms with Crippen LogP contribution >= 0.6 is 0 Å². The Labute approximate surface area is 106 Å². The number of nitrogens with zero attached hydrogens (tertiary/aromatic N) is 1. The standard InChI is InChI=1S/C14H15NO3/c1-3-11-5-6-13(18-11)14(16)10-7-12(17-4-2)9-15-8-10/h5-9H,3-4H2,1-2H3. The molecule has 94 valence electrons. The molecule has 0 amide bonds. The SMILES string of the molecule is CCOc1cncc(C(=O)c2ccc(CC)o2)c1. The Bertz CT molecular complexity index is 545. The molecule has 18 heavy (non-hydrogen) atoms. The number of furan rings is 1. The maximum atomic E-state index is 12.1. The van der Waals surface area contributed by atoms with E-state index < -0.39 is 0 Å². The van der Waals surface area contributed by atoms with Crippen LogP contribution in [-0.4, -0.2) is 17.4 Å². The minimum Gasteiger partial charge on any atom is -0.492 e. The molecule has 0 aliphatic carbocycles. The molecule has 0 bridgehead atoms. The van der Waals surface area contributed by atoms with Gasteiger partial charge in [0.25, 0.3) is 0 Å². The zero-order valence-corrected chi connectivity index (χ0v) is 10.5. The number of aryl methyl sites for hydroxylation is 1. The van der Waals surface area contributed by atoms with Crippen molar-refractivity contribution in [1.82, 2.24) is 4.98 Å². The van der Waals surface area contributed by atoms with Gasteiger partial charge in [-0.3, -0.25) is 9.78 Å². The van der Waals surface area contributed by atoms with Crippen molar-refractivity contribution in [3.05, 3.63) is 47.7 Å². The van der Waals surface area contributed by atoms with E-state index in [2.05, 4.69) is 4.98 Å². The lowest BCUT2D eigenvalue weighted by molar-refractivity contribution is 0.101. The predicted molar refractivity (Wildman–Crippen MR) is 66.9 cm³/mol. The first-order valence-electron chi connectivity index (χ1n) is 5.95. The highest BCUT2D eigenvalue weighted by molar-refractivity contribution is 6.07. The summed E-state index contributed by atoms with van der Waals surface area (Å²) in [6.07, 6.45) is 3.86. The van der Waals surface area contributed by atoms with Crippen LogP contribution in [0.5, 0.6) is 5.75 Å². The van der Waals surface area contributed by atoms with Gasteiger partial charge in [-0.1, -0.05) is 6.92 Å². The number of ketones is 1.